The summed E-state index contributed by atoms with van der Waals surface area (Å²) in [4.78, 5) is 29.1. The predicted octanol–water partition coefficient (Wildman–Crippen LogP) is 2.96. The molecule has 1 amide bonds. The molecule has 2 aliphatic rings. The minimum absolute atomic E-state index is 0.00917. The second-order valence-corrected chi connectivity index (χ2v) is 7.26. The number of allylic oxidation sites excluding steroid dienone is 2. The minimum atomic E-state index is -0.574. The van der Waals surface area contributed by atoms with E-state index in [0.29, 0.717) is 18.4 Å². The minimum Gasteiger partial charge on any atom is -0.507 e. The van der Waals surface area contributed by atoms with Gasteiger partial charge in [-0.2, -0.15) is 0 Å². The van der Waals surface area contributed by atoms with E-state index in [-0.39, 0.29) is 35.3 Å². The maximum atomic E-state index is 12.9. The van der Waals surface area contributed by atoms with Crippen molar-refractivity contribution in [3.05, 3.63) is 65.9 Å². The van der Waals surface area contributed by atoms with E-state index in [4.69, 9.17) is 9.47 Å². The number of rotatable bonds is 6. The fourth-order valence-electron chi connectivity index (χ4n) is 3.35. The summed E-state index contributed by atoms with van der Waals surface area (Å²) in [7, 11) is 1.41. The first kappa shape index (κ1) is 22.3. The Hall–Kier alpha value is -3.39. The van der Waals surface area contributed by atoms with E-state index < -0.39 is 12.1 Å². The SMILES string of the molecule is CO/N=C/C=C\C(=O)N/C=C\CC1CC2O[C@@H]2/C=C\C(C)c2cccc(O)c2C(=O)O1. The first-order valence-corrected chi connectivity index (χ1v) is 10.0. The number of phenolic OH excluding ortho intramolecular Hbond substituents is 1. The monoisotopic (exact) mass is 426 g/mol. The Balaban J connectivity index is 1.67. The standard InChI is InChI=1S/C23H26N2O6/c1-15-10-11-19-20(31-19)14-16(6-4-12-24-21(27)9-5-13-25-29-2)30-23(28)22-17(15)7-3-8-18(22)26/h3-5,7-13,15-16,19-20,26H,6,14H2,1-2H3,(H,24,27)/b9-5-,11-10-,12-4-,25-13+/t15?,16?,19-,20?/m1/s1. The van der Waals surface area contributed by atoms with Crippen LogP contribution < -0.4 is 5.32 Å². The van der Waals surface area contributed by atoms with Crippen molar-refractivity contribution in [2.75, 3.05) is 7.11 Å². The first-order chi connectivity index (χ1) is 15.0. The van der Waals surface area contributed by atoms with Crippen LogP contribution in [0.1, 0.15) is 41.6 Å². The van der Waals surface area contributed by atoms with Gasteiger partial charge in [-0.25, -0.2) is 4.79 Å². The number of benzene rings is 1. The van der Waals surface area contributed by atoms with Crippen LogP contribution in [0.5, 0.6) is 5.75 Å². The molecule has 2 aliphatic heterocycles. The molecule has 8 nitrogen and oxygen atoms in total. The summed E-state index contributed by atoms with van der Waals surface area (Å²) >= 11 is 0. The third-order valence-corrected chi connectivity index (χ3v) is 4.99. The normalized spacial score (nSPS) is 26.7. The van der Waals surface area contributed by atoms with Crippen LogP contribution in [0.4, 0.5) is 0 Å². The van der Waals surface area contributed by atoms with Gasteiger partial charge in [0.1, 0.15) is 30.6 Å². The van der Waals surface area contributed by atoms with Crippen molar-refractivity contribution in [2.45, 2.75) is 44.0 Å². The highest BCUT2D eigenvalue weighted by atomic mass is 16.6. The lowest BCUT2D eigenvalue weighted by molar-refractivity contribution is -0.115. The third-order valence-electron chi connectivity index (χ3n) is 4.99. The Bertz CT molecular complexity index is 921. The van der Waals surface area contributed by atoms with Crippen LogP contribution in [0.15, 0.2) is 59.9 Å². The summed E-state index contributed by atoms with van der Waals surface area (Å²) in [6, 6.07) is 5.00. The number of phenols is 1. The van der Waals surface area contributed by atoms with Gasteiger partial charge in [-0.3, -0.25) is 4.79 Å². The summed E-state index contributed by atoms with van der Waals surface area (Å²) in [6.45, 7) is 1.95. The summed E-state index contributed by atoms with van der Waals surface area (Å²) < 4.78 is 11.4. The van der Waals surface area contributed by atoms with Crippen molar-refractivity contribution < 1.29 is 29.0 Å². The van der Waals surface area contributed by atoms with Gasteiger partial charge in [0, 0.05) is 31.0 Å². The lowest BCUT2D eigenvalue weighted by Gasteiger charge is -2.18. The van der Waals surface area contributed by atoms with Gasteiger partial charge in [-0.05, 0) is 17.7 Å². The average molecular weight is 426 g/mol. The Morgan fingerprint density at radius 3 is 3.03 bits per heavy atom. The Kier molecular flexibility index (Phi) is 7.61. The molecule has 0 saturated carbocycles. The van der Waals surface area contributed by atoms with Gasteiger partial charge in [0.15, 0.2) is 0 Å². The van der Waals surface area contributed by atoms with Crippen molar-refractivity contribution in [3.8, 4) is 5.75 Å². The molecule has 0 spiro atoms. The number of esters is 1. The molecule has 164 valence electrons. The lowest BCUT2D eigenvalue weighted by Crippen LogP contribution is -2.21. The number of hydrogen-bond donors (Lipinski definition) is 2. The lowest BCUT2D eigenvalue weighted by atomic mass is 9.94. The summed E-state index contributed by atoms with van der Waals surface area (Å²) in [6.07, 6.45) is 11.7. The zero-order valence-electron chi connectivity index (χ0n) is 17.4. The molecule has 2 N–H and O–H groups in total. The molecule has 1 aromatic carbocycles. The van der Waals surface area contributed by atoms with Crippen molar-refractivity contribution in [1.29, 1.82) is 0 Å². The number of oxime groups is 1. The topological polar surface area (TPSA) is 110 Å². The number of epoxide rings is 1. The van der Waals surface area contributed by atoms with Gasteiger partial charge in [0.25, 0.3) is 0 Å². The number of hydrogen-bond acceptors (Lipinski definition) is 7. The van der Waals surface area contributed by atoms with Crippen molar-refractivity contribution in [1.82, 2.24) is 5.32 Å². The highest BCUT2D eigenvalue weighted by Gasteiger charge is 2.39. The number of carbonyl (C=O) groups excluding carboxylic acids is 2. The van der Waals surface area contributed by atoms with E-state index in [1.807, 2.05) is 25.1 Å². The number of nitrogens with one attached hydrogen (secondary N) is 1. The average Bonchev–Trinajstić information content (AvgIpc) is 3.49. The zero-order valence-corrected chi connectivity index (χ0v) is 17.4. The third kappa shape index (κ3) is 6.29. The zero-order chi connectivity index (χ0) is 22.2. The highest BCUT2D eigenvalue weighted by molar-refractivity contribution is 5.94. The van der Waals surface area contributed by atoms with E-state index in [9.17, 15) is 14.7 Å². The summed E-state index contributed by atoms with van der Waals surface area (Å²) in [5, 5.41) is 16.4. The second-order valence-electron chi connectivity index (χ2n) is 7.26. The first-order valence-electron chi connectivity index (χ1n) is 10.0. The maximum Gasteiger partial charge on any atom is 0.342 e. The Labute approximate surface area is 180 Å². The van der Waals surface area contributed by atoms with Gasteiger partial charge >= 0.3 is 5.97 Å². The van der Waals surface area contributed by atoms with E-state index in [0.717, 1.165) is 0 Å². The van der Waals surface area contributed by atoms with E-state index in [1.165, 1.54) is 37.7 Å². The number of cyclic esters (lactones) is 1. The maximum absolute atomic E-state index is 12.9. The van der Waals surface area contributed by atoms with Gasteiger partial charge in [0.05, 0.1) is 12.3 Å². The molecule has 0 aromatic heterocycles. The molecule has 2 heterocycles. The van der Waals surface area contributed by atoms with Crippen LogP contribution in [-0.2, 0) is 19.1 Å². The number of amides is 1. The van der Waals surface area contributed by atoms with Crippen LogP contribution in [0.25, 0.3) is 0 Å². The Morgan fingerprint density at radius 2 is 2.23 bits per heavy atom. The predicted molar refractivity (Wildman–Crippen MR) is 115 cm³/mol. The van der Waals surface area contributed by atoms with Crippen LogP contribution in [0, 0.1) is 0 Å². The molecule has 31 heavy (non-hydrogen) atoms. The molecule has 0 aliphatic carbocycles. The van der Waals surface area contributed by atoms with E-state index in [2.05, 4.69) is 15.3 Å². The summed E-state index contributed by atoms with van der Waals surface area (Å²) in [5.74, 6) is -1.08. The smallest absolute Gasteiger partial charge is 0.342 e. The van der Waals surface area contributed by atoms with Crippen molar-refractivity contribution in [3.63, 3.8) is 0 Å². The van der Waals surface area contributed by atoms with Crippen LogP contribution in [-0.4, -0.2) is 48.6 Å². The molecule has 1 fully saturated rings. The Morgan fingerprint density at radius 1 is 1.39 bits per heavy atom. The van der Waals surface area contributed by atoms with Crippen molar-refractivity contribution >= 4 is 18.1 Å². The molecule has 1 saturated heterocycles. The molecular weight excluding hydrogens is 400 g/mol. The number of carbonyl (C=O) groups is 2. The number of ether oxygens (including phenoxy) is 2. The fourth-order valence-corrected chi connectivity index (χ4v) is 3.35. The van der Waals surface area contributed by atoms with Gasteiger partial charge < -0.3 is 24.7 Å². The van der Waals surface area contributed by atoms with Gasteiger partial charge in [-0.15, -0.1) is 0 Å². The number of aromatic hydroxyl groups is 1. The second kappa shape index (κ2) is 10.6. The largest absolute Gasteiger partial charge is 0.507 e. The molecule has 1 aromatic rings. The van der Waals surface area contributed by atoms with Crippen LogP contribution in [0.3, 0.4) is 0 Å². The van der Waals surface area contributed by atoms with E-state index >= 15 is 0 Å². The molecule has 8 heteroatoms. The van der Waals surface area contributed by atoms with Crippen LogP contribution in [0.2, 0.25) is 0 Å². The number of fused-ring (bicyclic) bond motifs is 2. The molecule has 0 radical (unpaired) electrons. The molecular formula is C23H26N2O6. The molecule has 3 rings (SSSR count). The fraction of sp³-hybridized carbons (Fsp3) is 0.348. The van der Waals surface area contributed by atoms with Crippen molar-refractivity contribution in [2.24, 2.45) is 5.16 Å². The highest BCUT2D eigenvalue weighted by Crippen LogP contribution is 2.35. The van der Waals surface area contributed by atoms with Gasteiger partial charge in [-0.1, -0.05) is 42.4 Å². The summed E-state index contributed by atoms with van der Waals surface area (Å²) in [5.41, 5.74) is 0.881. The molecule has 0 bridgehead atoms. The van der Waals surface area contributed by atoms with E-state index in [1.54, 1.807) is 12.1 Å². The molecule has 4 atom stereocenters. The van der Waals surface area contributed by atoms with Crippen LogP contribution >= 0.6 is 0 Å². The molecule has 3 unspecified atom stereocenters. The van der Waals surface area contributed by atoms with Gasteiger partial charge in [0.2, 0.25) is 5.91 Å². The quantitative estimate of drug-likeness (QED) is 0.181. The number of nitrogens with zero attached hydrogens (tertiary/aromatic N) is 1.